The van der Waals surface area contributed by atoms with Crippen molar-refractivity contribution in [2.24, 2.45) is 0 Å². The molecule has 0 amide bonds. The van der Waals surface area contributed by atoms with E-state index < -0.39 is 5.92 Å². The van der Waals surface area contributed by atoms with Gasteiger partial charge in [0.15, 0.2) is 5.78 Å². The number of ketones is 1. The smallest absolute Gasteiger partial charge is 0.175 e. The SMILES string of the molecule is COc1ccc(C(C(=O)c2[c]ccc(OC)c2)c2ccc(OC)cc2)cc1. The minimum absolute atomic E-state index is 0.0516. The van der Waals surface area contributed by atoms with E-state index in [9.17, 15) is 4.79 Å². The molecule has 3 rings (SSSR count). The topological polar surface area (TPSA) is 44.8 Å². The standard InChI is InChI=1S/C23H21O4/c1-25-19-11-7-16(8-12-19)22(17-9-13-20(26-2)14-10-17)23(24)18-5-4-6-21(15-18)27-3/h4,6-15,22H,1-3H3. The predicted molar refractivity (Wildman–Crippen MR) is 104 cm³/mol. The number of methoxy groups -OCH3 is 3. The highest BCUT2D eigenvalue weighted by molar-refractivity contribution is 6.03. The highest BCUT2D eigenvalue weighted by Crippen LogP contribution is 2.31. The Kier molecular flexibility index (Phi) is 5.77. The van der Waals surface area contributed by atoms with E-state index in [1.165, 1.54) is 0 Å². The van der Waals surface area contributed by atoms with Crippen molar-refractivity contribution in [3.8, 4) is 17.2 Å². The molecule has 4 nitrogen and oxygen atoms in total. The Bertz CT molecular complexity index is 851. The van der Waals surface area contributed by atoms with E-state index in [1.54, 1.807) is 39.5 Å². The lowest BCUT2D eigenvalue weighted by atomic mass is 9.84. The van der Waals surface area contributed by atoms with Crippen LogP contribution >= 0.6 is 0 Å². The van der Waals surface area contributed by atoms with E-state index in [0.717, 1.165) is 22.6 Å². The normalized spacial score (nSPS) is 10.5. The minimum Gasteiger partial charge on any atom is -0.497 e. The van der Waals surface area contributed by atoms with Gasteiger partial charge in [-0.2, -0.15) is 0 Å². The van der Waals surface area contributed by atoms with Crippen LogP contribution in [0.5, 0.6) is 17.2 Å². The molecule has 4 heteroatoms. The van der Waals surface area contributed by atoms with E-state index in [-0.39, 0.29) is 5.78 Å². The number of rotatable bonds is 7. The summed E-state index contributed by atoms with van der Waals surface area (Å²) >= 11 is 0. The molecule has 0 aliphatic carbocycles. The molecule has 0 atom stereocenters. The maximum Gasteiger partial charge on any atom is 0.175 e. The van der Waals surface area contributed by atoms with E-state index in [0.29, 0.717) is 11.3 Å². The summed E-state index contributed by atoms with van der Waals surface area (Å²) in [6, 6.07) is 23.3. The third kappa shape index (κ3) is 4.11. The lowest BCUT2D eigenvalue weighted by Gasteiger charge is -2.18. The molecule has 27 heavy (non-hydrogen) atoms. The van der Waals surface area contributed by atoms with Gasteiger partial charge in [-0.1, -0.05) is 24.3 Å². The lowest BCUT2D eigenvalue weighted by Crippen LogP contribution is -2.15. The van der Waals surface area contributed by atoms with E-state index in [2.05, 4.69) is 6.07 Å². The predicted octanol–water partition coefficient (Wildman–Crippen LogP) is 4.53. The van der Waals surface area contributed by atoms with Crippen LogP contribution in [0.4, 0.5) is 0 Å². The van der Waals surface area contributed by atoms with Crippen molar-refractivity contribution < 1.29 is 19.0 Å². The van der Waals surface area contributed by atoms with Crippen molar-refractivity contribution in [3.63, 3.8) is 0 Å². The number of Topliss-reactive ketones (excluding diaryl/α,β-unsaturated/α-hetero) is 1. The first-order valence-electron chi connectivity index (χ1n) is 8.54. The van der Waals surface area contributed by atoms with Gasteiger partial charge >= 0.3 is 0 Å². The second-order valence-corrected chi connectivity index (χ2v) is 5.99. The zero-order valence-electron chi connectivity index (χ0n) is 15.6. The van der Waals surface area contributed by atoms with Crippen LogP contribution in [0.1, 0.15) is 27.4 Å². The zero-order chi connectivity index (χ0) is 19.2. The number of hydrogen-bond donors (Lipinski definition) is 0. The highest BCUT2D eigenvalue weighted by Gasteiger charge is 2.24. The van der Waals surface area contributed by atoms with E-state index in [4.69, 9.17) is 14.2 Å². The molecule has 0 fully saturated rings. The molecule has 1 radical (unpaired) electrons. The summed E-state index contributed by atoms with van der Waals surface area (Å²) in [6.45, 7) is 0. The van der Waals surface area contributed by atoms with Crippen LogP contribution in [0.15, 0.2) is 66.7 Å². The summed E-state index contributed by atoms with van der Waals surface area (Å²) in [5.41, 5.74) is 2.23. The quantitative estimate of drug-likeness (QED) is 0.580. The van der Waals surface area contributed by atoms with Gasteiger partial charge in [-0.15, -0.1) is 0 Å². The summed E-state index contributed by atoms with van der Waals surface area (Å²) < 4.78 is 15.7. The van der Waals surface area contributed by atoms with Gasteiger partial charge in [0.25, 0.3) is 0 Å². The van der Waals surface area contributed by atoms with Gasteiger partial charge in [-0.3, -0.25) is 4.79 Å². The molecule has 0 aliphatic heterocycles. The minimum atomic E-state index is -0.467. The van der Waals surface area contributed by atoms with Gasteiger partial charge in [0, 0.05) is 5.56 Å². The number of carbonyl (C=O) groups is 1. The van der Waals surface area contributed by atoms with Gasteiger partial charge < -0.3 is 14.2 Å². The van der Waals surface area contributed by atoms with Crippen molar-refractivity contribution in [2.45, 2.75) is 5.92 Å². The van der Waals surface area contributed by atoms with Crippen LogP contribution in [0.3, 0.4) is 0 Å². The van der Waals surface area contributed by atoms with Gasteiger partial charge in [0.2, 0.25) is 0 Å². The average Bonchev–Trinajstić information content (AvgIpc) is 2.75. The molecule has 3 aromatic rings. The van der Waals surface area contributed by atoms with E-state index >= 15 is 0 Å². The Morgan fingerprint density at radius 2 is 1.22 bits per heavy atom. The van der Waals surface area contributed by atoms with Crippen LogP contribution < -0.4 is 14.2 Å². The van der Waals surface area contributed by atoms with E-state index in [1.807, 2.05) is 48.5 Å². The van der Waals surface area contributed by atoms with Crippen LogP contribution in [-0.2, 0) is 0 Å². The molecular formula is C23H21O4. The van der Waals surface area contributed by atoms with Crippen LogP contribution in [0.25, 0.3) is 0 Å². The summed E-state index contributed by atoms with van der Waals surface area (Å²) in [5, 5.41) is 0. The monoisotopic (exact) mass is 361 g/mol. The fourth-order valence-electron chi connectivity index (χ4n) is 2.96. The Labute approximate surface area is 159 Å². The summed E-state index contributed by atoms with van der Waals surface area (Å²) in [6.07, 6.45) is 0. The van der Waals surface area contributed by atoms with Crippen molar-refractivity contribution >= 4 is 5.78 Å². The third-order valence-corrected chi connectivity index (χ3v) is 4.43. The maximum absolute atomic E-state index is 13.4. The molecule has 0 N–H and O–H groups in total. The first kappa shape index (κ1) is 18.5. The molecule has 0 aromatic heterocycles. The highest BCUT2D eigenvalue weighted by atomic mass is 16.5. The molecule has 3 aromatic carbocycles. The molecule has 0 aliphatic rings. The fourth-order valence-corrected chi connectivity index (χ4v) is 2.96. The Morgan fingerprint density at radius 3 is 1.67 bits per heavy atom. The lowest BCUT2D eigenvalue weighted by molar-refractivity contribution is 0.0973. The van der Waals surface area contributed by atoms with Crippen molar-refractivity contribution in [2.75, 3.05) is 21.3 Å². The second-order valence-electron chi connectivity index (χ2n) is 5.99. The molecule has 0 saturated carbocycles. The number of benzene rings is 3. The first-order valence-corrected chi connectivity index (χ1v) is 8.54. The molecule has 0 heterocycles. The molecular weight excluding hydrogens is 340 g/mol. The average molecular weight is 361 g/mol. The van der Waals surface area contributed by atoms with Gasteiger partial charge in [0.1, 0.15) is 17.2 Å². The van der Waals surface area contributed by atoms with Crippen molar-refractivity contribution in [1.29, 1.82) is 0 Å². The van der Waals surface area contributed by atoms with Gasteiger partial charge in [0.05, 0.1) is 27.2 Å². The van der Waals surface area contributed by atoms with Gasteiger partial charge in [-0.25, -0.2) is 0 Å². The van der Waals surface area contributed by atoms with Crippen LogP contribution in [-0.4, -0.2) is 27.1 Å². The number of ether oxygens (including phenoxy) is 3. The van der Waals surface area contributed by atoms with Crippen molar-refractivity contribution in [1.82, 2.24) is 0 Å². The fraction of sp³-hybridized carbons (Fsp3) is 0.174. The zero-order valence-corrected chi connectivity index (χ0v) is 15.6. The van der Waals surface area contributed by atoms with Crippen LogP contribution in [0.2, 0.25) is 0 Å². The third-order valence-electron chi connectivity index (χ3n) is 4.43. The molecule has 0 spiro atoms. The molecule has 0 bridgehead atoms. The second kappa shape index (κ2) is 8.41. The maximum atomic E-state index is 13.4. The molecule has 137 valence electrons. The van der Waals surface area contributed by atoms with Gasteiger partial charge in [-0.05, 0) is 59.7 Å². The summed E-state index contributed by atoms with van der Waals surface area (Å²) in [5.74, 6) is 1.59. The largest absolute Gasteiger partial charge is 0.497 e. The number of carbonyl (C=O) groups excluding carboxylic acids is 1. The Morgan fingerprint density at radius 1 is 0.741 bits per heavy atom. The molecule has 0 unspecified atom stereocenters. The molecule has 0 saturated heterocycles. The summed E-state index contributed by atoms with van der Waals surface area (Å²) in [7, 11) is 4.81. The Balaban J connectivity index is 2.05. The van der Waals surface area contributed by atoms with Crippen molar-refractivity contribution in [3.05, 3.63) is 89.5 Å². The summed E-state index contributed by atoms with van der Waals surface area (Å²) in [4.78, 5) is 13.4. The first-order chi connectivity index (χ1) is 13.2. The number of hydrogen-bond acceptors (Lipinski definition) is 4. The Hall–Kier alpha value is -3.27. The van der Waals surface area contributed by atoms with Crippen LogP contribution in [0, 0.1) is 6.07 Å².